The Balaban J connectivity index is 0.000000190. The van der Waals surface area contributed by atoms with Gasteiger partial charge in [0.2, 0.25) is 23.6 Å². The highest BCUT2D eigenvalue weighted by Gasteiger charge is 2.77. The van der Waals surface area contributed by atoms with E-state index in [1.165, 1.54) is 24.3 Å². The highest BCUT2D eigenvalue weighted by Crippen LogP contribution is 2.63. The lowest BCUT2D eigenvalue weighted by molar-refractivity contribution is -0.385. The van der Waals surface area contributed by atoms with Crippen molar-refractivity contribution in [2.24, 2.45) is 10.8 Å². The van der Waals surface area contributed by atoms with Gasteiger partial charge in [-0.05, 0) is 191 Å². The standard InChI is InChI=1S/2C31H33N3O5/c2*1-17-13-19(3)25(20(4)14-17)32-28(35)30(7,8)29(36)33(26-21(5)15-18(2)16-22(26)6)31(32)27(39-31)23-9-11-24(12-10-23)34(37)38/h2*9-16,27H,1-8H3/t2*27-/m11/s1. The number of nitrogens with zero attached hydrogens (tertiary/aromatic N) is 6. The third-order valence-electron chi connectivity index (χ3n) is 15.6. The molecule has 0 radical (unpaired) electrons. The molecule has 78 heavy (non-hydrogen) atoms. The Morgan fingerprint density at radius 2 is 0.564 bits per heavy atom. The molecule has 16 heteroatoms. The molecule has 0 saturated carbocycles. The predicted molar refractivity (Wildman–Crippen MR) is 299 cm³/mol. The van der Waals surface area contributed by atoms with Crippen molar-refractivity contribution in [3.8, 4) is 0 Å². The van der Waals surface area contributed by atoms with Gasteiger partial charge < -0.3 is 9.47 Å². The Hall–Kier alpha value is -8.08. The molecule has 0 aromatic heterocycles. The van der Waals surface area contributed by atoms with E-state index in [1.54, 1.807) is 71.6 Å². The number of non-ortho nitro benzene ring substituents is 2. The molecular formula is C62H66N6O10. The quantitative estimate of drug-likeness (QED) is 0.0613. The zero-order chi connectivity index (χ0) is 57.2. The number of carbonyl (C=O) groups excluding carboxylic acids is 4. The van der Waals surface area contributed by atoms with E-state index in [1.807, 2.05) is 132 Å². The van der Waals surface area contributed by atoms with Crippen LogP contribution in [0.25, 0.3) is 0 Å². The molecule has 404 valence electrons. The van der Waals surface area contributed by atoms with Gasteiger partial charge in [0.1, 0.15) is 10.8 Å². The summed E-state index contributed by atoms with van der Waals surface area (Å²) in [6.07, 6.45) is -1.44. The van der Waals surface area contributed by atoms with Gasteiger partial charge in [0, 0.05) is 24.3 Å². The number of nitro groups is 2. The number of anilines is 4. The third-order valence-corrected chi connectivity index (χ3v) is 15.6. The average Bonchev–Trinajstić information content (AvgIpc) is 3.31. The maximum absolute atomic E-state index is 14.3. The first-order valence-corrected chi connectivity index (χ1v) is 26.0. The summed E-state index contributed by atoms with van der Waals surface area (Å²) in [5, 5.41) is 22.6. The molecule has 4 aliphatic heterocycles. The van der Waals surface area contributed by atoms with Gasteiger partial charge in [0.25, 0.3) is 23.1 Å². The fourth-order valence-corrected chi connectivity index (χ4v) is 12.3. The van der Waals surface area contributed by atoms with Crippen LogP contribution in [0.5, 0.6) is 0 Å². The summed E-state index contributed by atoms with van der Waals surface area (Å²) in [6, 6.07) is 28.3. The van der Waals surface area contributed by atoms with Gasteiger partial charge in [-0.1, -0.05) is 70.8 Å². The Kier molecular flexibility index (Phi) is 13.2. The van der Waals surface area contributed by atoms with Crippen molar-refractivity contribution in [3.05, 3.63) is 195 Å². The Morgan fingerprint density at radius 1 is 0.372 bits per heavy atom. The normalized spacial score (nSPS) is 19.5. The molecule has 10 rings (SSSR count). The lowest BCUT2D eigenvalue weighted by Gasteiger charge is -2.49. The van der Waals surface area contributed by atoms with Crippen molar-refractivity contribution in [2.75, 3.05) is 19.6 Å². The number of nitro benzene ring substituents is 2. The minimum absolute atomic E-state index is 0.0467. The molecule has 0 unspecified atom stereocenters. The molecule has 0 bridgehead atoms. The fraction of sp³-hybridized carbons (Fsp3) is 0.355. The van der Waals surface area contributed by atoms with Crippen LogP contribution in [-0.4, -0.2) is 45.2 Å². The smallest absolute Gasteiger partial charge is 0.269 e. The molecule has 0 N–H and O–H groups in total. The molecule has 6 aromatic carbocycles. The van der Waals surface area contributed by atoms with Crippen LogP contribution in [0.2, 0.25) is 0 Å². The molecule has 4 aliphatic rings. The van der Waals surface area contributed by atoms with Gasteiger partial charge in [0.05, 0.1) is 32.6 Å². The topological polar surface area (TPSA) is 193 Å². The van der Waals surface area contributed by atoms with Crippen LogP contribution >= 0.6 is 0 Å². The summed E-state index contributed by atoms with van der Waals surface area (Å²) in [4.78, 5) is 85.6. The number of epoxide rings is 2. The molecule has 2 spiro atoms. The van der Waals surface area contributed by atoms with Gasteiger partial charge in [-0.3, -0.25) is 59.0 Å². The van der Waals surface area contributed by atoms with Crippen LogP contribution in [0.15, 0.2) is 97.1 Å². The molecule has 4 saturated heterocycles. The molecule has 16 nitrogen and oxygen atoms in total. The van der Waals surface area contributed by atoms with Crippen LogP contribution in [0.1, 0.15) is 118 Å². The number of ether oxygens (including phenoxy) is 2. The molecule has 4 fully saturated rings. The van der Waals surface area contributed by atoms with Crippen LogP contribution in [-0.2, 0) is 28.7 Å². The largest absolute Gasteiger partial charge is 0.319 e. The van der Waals surface area contributed by atoms with Gasteiger partial charge in [-0.25, -0.2) is 0 Å². The van der Waals surface area contributed by atoms with Crippen molar-refractivity contribution in [3.63, 3.8) is 0 Å². The Bertz CT molecular complexity index is 3100. The summed E-state index contributed by atoms with van der Waals surface area (Å²) >= 11 is 0. The minimum Gasteiger partial charge on any atom is -0.319 e. The van der Waals surface area contributed by atoms with Crippen LogP contribution in [0.4, 0.5) is 34.1 Å². The molecule has 4 heterocycles. The van der Waals surface area contributed by atoms with Crippen molar-refractivity contribution < 1.29 is 38.5 Å². The lowest BCUT2D eigenvalue weighted by Crippen LogP contribution is -2.70. The summed E-state index contributed by atoms with van der Waals surface area (Å²) in [5.41, 5.74) is 12.6. The van der Waals surface area contributed by atoms with Gasteiger partial charge in [0.15, 0.2) is 12.2 Å². The number of hydrogen-bond donors (Lipinski definition) is 0. The number of amides is 4. The molecule has 4 amide bonds. The summed E-state index contributed by atoms with van der Waals surface area (Å²) < 4.78 is 13.0. The van der Waals surface area contributed by atoms with Crippen LogP contribution < -0.4 is 19.6 Å². The molecule has 2 atom stereocenters. The van der Waals surface area contributed by atoms with Crippen molar-refractivity contribution in [2.45, 2.75) is 135 Å². The van der Waals surface area contributed by atoms with Gasteiger partial charge in [-0.2, -0.15) is 0 Å². The number of rotatable bonds is 8. The second-order valence-electron chi connectivity index (χ2n) is 22.8. The first kappa shape index (κ1) is 54.7. The maximum Gasteiger partial charge on any atom is 0.269 e. The predicted octanol–water partition coefficient (Wildman–Crippen LogP) is 12.6. The van der Waals surface area contributed by atoms with Crippen molar-refractivity contribution in [1.29, 1.82) is 0 Å². The zero-order valence-electron chi connectivity index (χ0n) is 47.2. The van der Waals surface area contributed by atoms with E-state index in [2.05, 4.69) is 0 Å². The lowest BCUT2D eigenvalue weighted by atomic mass is 9.83. The first-order valence-electron chi connectivity index (χ1n) is 26.0. The van der Waals surface area contributed by atoms with Gasteiger partial charge >= 0.3 is 0 Å². The van der Waals surface area contributed by atoms with Crippen molar-refractivity contribution >= 4 is 57.8 Å². The Labute approximate surface area is 454 Å². The molecule has 0 aliphatic carbocycles. The van der Waals surface area contributed by atoms with E-state index in [0.717, 1.165) is 66.8 Å². The van der Waals surface area contributed by atoms with Crippen molar-refractivity contribution in [1.82, 2.24) is 0 Å². The Morgan fingerprint density at radius 3 is 0.744 bits per heavy atom. The van der Waals surface area contributed by atoms with Crippen LogP contribution in [0.3, 0.4) is 0 Å². The third kappa shape index (κ3) is 8.43. The number of aryl methyl sites for hydroxylation is 12. The monoisotopic (exact) mass is 1050 g/mol. The summed E-state index contributed by atoms with van der Waals surface area (Å²) in [6.45, 7) is 30.3. The van der Waals surface area contributed by atoms with E-state index in [4.69, 9.17) is 9.47 Å². The van der Waals surface area contributed by atoms with Crippen LogP contribution in [0, 0.1) is 114 Å². The number of carbonyl (C=O) groups is 4. The maximum atomic E-state index is 14.3. The average molecular weight is 1060 g/mol. The van der Waals surface area contributed by atoms with E-state index < -0.39 is 44.6 Å². The minimum atomic E-state index is -1.48. The van der Waals surface area contributed by atoms with Gasteiger partial charge in [-0.15, -0.1) is 0 Å². The van der Waals surface area contributed by atoms with E-state index in [-0.39, 0.29) is 35.0 Å². The highest BCUT2D eigenvalue weighted by atomic mass is 16.7. The second kappa shape index (κ2) is 18.8. The SMILES string of the molecule is Cc1cc(C)c(N2C(=O)C(C)(C)C(=O)N(c3c(C)cc(C)cc3C)C23O[C@@H]3c2ccc([N+](=O)[O-])cc2)c(C)c1.Cc1cc(C)c(N2C(=O)C(C)(C)C(=O)N(c3c(C)cc(C)cc3C)C23O[C@@H]3c2ccc([N+](=O)[O-])cc2)c(C)c1. The highest BCUT2D eigenvalue weighted by molar-refractivity contribution is 6.23. The summed E-state index contributed by atoms with van der Waals surface area (Å²) in [7, 11) is 0. The molecular weight excluding hydrogens is 989 g/mol. The second-order valence-corrected chi connectivity index (χ2v) is 22.8. The van der Waals surface area contributed by atoms with E-state index in [9.17, 15) is 39.4 Å². The summed E-state index contributed by atoms with van der Waals surface area (Å²) in [5.74, 6) is -4.38. The number of benzene rings is 6. The number of hydrogen-bond acceptors (Lipinski definition) is 10. The fourth-order valence-electron chi connectivity index (χ4n) is 12.3. The zero-order valence-corrected chi connectivity index (χ0v) is 47.2. The van der Waals surface area contributed by atoms with E-state index in [0.29, 0.717) is 33.9 Å². The molecule has 6 aromatic rings. The first-order chi connectivity index (χ1) is 36.4. The van der Waals surface area contributed by atoms with E-state index >= 15 is 0 Å².